The average Bonchev–Trinajstić information content (AvgIpc) is 2.43. The number of piperidine rings is 1. The number of ether oxygens (including phenoxy) is 1. The van der Waals surface area contributed by atoms with Crippen LogP contribution in [0.15, 0.2) is 0 Å². The normalized spacial score (nSPS) is 15.9. The lowest BCUT2D eigenvalue weighted by molar-refractivity contribution is -0.146. The van der Waals surface area contributed by atoms with Crippen LogP contribution in [0.25, 0.3) is 0 Å². The molecule has 6 heteroatoms. The van der Waals surface area contributed by atoms with Crippen LogP contribution >= 0.6 is 0 Å². The minimum absolute atomic E-state index is 0.0188. The molecule has 114 valence electrons. The lowest BCUT2D eigenvalue weighted by atomic mass is 9.92. The number of aliphatic carboxylic acids is 1. The molecule has 1 amide bonds. The van der Waals surface area contributed by atoms with E-state index in [4.69, 9.17) is 9.84 Å². The zero-order chi connectivity index (χ0) is 15.0. The molecule has 0 bridgehead atoms. The van der Waals surface area contributed by atoms with Crippen molar-refractivity contribution in [2.24, 2.45) is 5.92 Å². The van der Waals surface area contributed by atoms with Gasteiger partial charge in [0.2, 0.25) is 5.91 Å². The summed E-state index contributed by atoms with van der Waals surface area (Å²) in [5.74, 6) is -0.731. The summed E-state index contributed by atoms with van der Waals surface area (Å²) in [6, 6.07) is 0. The molecule has 0 unspecified atom stereocenters. The van der Waals surface area contributed by atoms with Gasteiger partial charge in [0.25, 0.3) is 0 Å². The Balaban J connectivity index is 2.21. The SMILES string of the molecule is CCOC(=O)CCC(=O)N1CCC(CCC(=O)O)CC1. The molecule has 1 saturated heterocycles. The van der Waals surface area contributed by atoms with Crippen LogP contribution in [0.3, 0.4) is 0 Å². The Morgan fingerprint density at radius 2 is 1.80 bits per heavy atom. The molecular formula is C14H23NO5. The Morgan fingerprint density at radius 1 is 1.15 bits per heavy atom. The van der Waals surface area contributed by atoms with Crippen molar-refractivity contribution in [3.05, 3.63) is 0 Å². The molecular weight excluding hydrogens is 262 g/mol. The second kappa shape index (κ2) is 8.55. The quantitative estimate of drug-likeness (QED) is 0.715. The first-order valence-corrected chi connectivity index (χ1v) is 7.18. The van der Waals surface area contributed by atoms with Crippen molar-refractivity contribution < 1.29 is 24.2 Å². The Kier molecular flexibility index (Phi) is 7.04. The van der Waals surface area contributed by atoms with E-state index < -0.39 is 5.97 Å². The van der Waals surface area contributed by atoms with E-state index in [1.807, 2.05) is 0 Å². The van der Waals surface area contributed by atoms with Crippen LogP contribution in [-0.2, 0) is 19.1 Å². The maximum Gasteiger partial charge on any atom is 0.306 e. The Bertz CT molecular complexity index is 347. The van der Waals surface area contributed by atoms with E-state index in [1.165, 1.54) is 0 Å². The number of amides is 1. The molecule has 0 spiro atoms. The van der Waals surface area contributed by atoms with Gasteiger partial charge in [-0.1, -0.05) is 0 Å². The molecule has 0 saturated carbocycles. The highest BCUT2D eigenvalue weighted by Gasteiger charge is 2.23. The van der Waals surface area contributed by atoms with Gasteiger partial charge in [0, 0.05) is 25.9 Å². The summed E-state index contributed by atoms with van der Waals surface area (Å²) < 4.78 is 4.79. The van der Waals surface area contributed by atoms with Crippen molar-refractivity contribution in [2.75, 3.05) is 19.7 Å². The van der Waals surface area contributed by atoms with Gasteiger partial charge in [0.05, 0.1) is 13.0 Å². The number of esters is 1. The number of hydrogen-bond acceptors (Lipinski definition) is 4. The minimum atomic E-state index is -0.766. The molecule has 0 aliphatic carbocycles. The van der Waals surface area contributed by atoms with Gasteiger partial charge >= 0.3 is 11.9 Å². The molecule has 6 nitrogen and oxygen atoms in total. The minimum Gasteiger partial charge on any atom is -0.481 e. The number of nitrogens with zero attached hydrogens (tertiary/aromatic N) is 1. The fourth-order valence-electron chi connectivity index (χ4n) is 2.40. The van der Waals surface area contributed by atoms with E-state index in [0.717, 1.165) is 12.8 Å². The number of carbonyl (C=O) groups excluding carboxylic acids is 2. The summed E-state index contributed by atoms with van der Waals surface area (Å²) in [6.07, 6.45) is 2.89. The molecule has 0 aromatic carbocycles. The van der Waals surface area contributed by atoms with Gasteiger partial charge in [-0.25, -0.2) is 0 Å². The summed E-state index contributed by atoms with van der Waals surface area (Å²) in [6.45, 7) is 3.39. The van der Waals surface area contributed by atoms with Crippen LogP contribution in [-0.4, -0.2) is 47.5 Å². The third kappa shape index (κ3) is 6.04. The highest BCUT2D eigenvalue weighted by molar-refractivity contribution is 5.81. The fraction of sp³-hybridized carbons (Fsp3) is 0.786. The van der Waals surface area contributed by atoms with E-state index >= 15 is 0 Å². The Morgan fingerprint density at radius 3 is 2.35 bits per heavy atom. The van der Waals surface area contributed by atoms with Crippen molar-refractivity contribution >= 4 is 17.8 Å². The summed E-state index contributed by atoms with van der Waals surface area (Å²) in [5, 5.41) is 8.64. The molecule has 0 radical (unpaired) electrons. The number of carboxylic acids is 1. The zero-order valence-corrected chi connectivity index (χ0v) is 12.0. The maximum absolute atomic E-state index is 11.9. The lowest BCUT2D eigenvalue weighted by Gasteiger charge is -2.31. The topological polar surface area (TPSA) is 83.9 Å². The maximum atomic E-state index is 11.9. The molecule has 1 aliphatic rings. The molecule has 20 heavy (non-hydrogen) atoms. The number of likely N-dealkylation sites (tertiary alicyclic amines) is 1. The predicted molar refractivity (Wildman–Crippen MR) is 72.0 cm³/mol. The number of hydrogen-bond donors (Lipinski definition) is 1. The smallest absolute Gasteiger partial charge is 0.306 e. The Labute approximate surface area is 119 Å². The second-order valence-corrected chi connectivity index (χ2v) is 5.06. The molecule has 0 atom stereocenters. The van der Waals surface area contributed by atoms with Gasteiger partial charge in [-0.2, -0.15) is 0 Å². The van der Waals surface area contributed by atoms with E-state index in [1.54, 1.807) is 11.8 Å². The summed E-state index contributed by atoms with van der Waals surface area (Å²) in [7, 11) is 0. The molecule has 1 rings (SSSR count). The van der Waals surface area contributed by atoms with E-state index in [2.05, 4.69) is 0 Å². The van der Waals surface area contributed by atoms with Crippen molar-refractivity contribution in [1.82, 2.24) is 4.90 Å². The van der Waals surface area contributed by atoms with Gasteiger partial charge in [0.1, 0.15) is 0 Å². The molecule has 0 aromatic rings. The average molecular weight is 285 g/mol. The number of carbonyl (C=O) groups is 3. The largest absolute Gasteiger partial charge is 0.481 e. The fourth-order valence-corrected chi connectivity index (χ4v) is 2.40. The molecule has 0 aromatic heterocycles. The van der Waals surface area contributed by atoms with Crippen LogP contribution in [0, 0.1) is 5.92 Å². The van der Waals surface area contributed by atoms with Gasteiger partial charge in [0.15, 0.2) is 0 Å². The van der Waals surface area contributed by atoms with E-state index in [0.29, 0.717) is 32.0 Å². The standard InChI is InChI=1S/C14H23NO5/c1-2-20-14(19)6-4-12(16)15-9-7-11(8-10-15)3-5-13(17)18/h11H,2-10H2,1H3,(H,17,18). The van der Waals surface area contributed by atoms with Crippen LogP contribution < -0.4 is 0 Å². The third-order valence-electron chi connectivity index (χ3n) is 3.58. The lowest BCUT2D eigenvalue weighted by Crippen LogP contribution is -2.38. The number of rotatable bonds is 7. The van der Waals surface area contributed by atoms with E-state index in [9.17, 15) is 14.4 Å². The first kappa shape index (κ1) is 16.5. The molecule has 1 N–H and O–H groups in total. The van der Waals surface area contributed by atoms with Crippen LogP contribution in [0.2, 0.25) is 0 Å². The highest BCUT2D eigenvalue weighted by Crippen LogP contribution is 2.22. The van der Waals surface area contributed by atoms with Crippen LogP contribution in [0.5, 0.6) is 0 Å². The van der Waals surface area contributed by atoms with Crippen molar-refractivity contribution in [2.45, 2.75) is 45.4 Å². The van der Waals surface area contributed by atoms with Crippen molar-refractivity contribution in [3.63, 3.8) is 0 Å². The van der Waals surface area contributed by atoms with Crippen molar-refractivity contribution in [3.8, 4) is 0 Å². The van der Waals surface area contributed by atoms with Gasteiger partial charge < -0.3 is 14.7 Å². The van der Waals surface area contributed by atoms with Gasteiger partial charge in [-0.15, -0.1) is 0 Å². The van der Waals surface area contributed by atoms with E-state index in [-0.39, 0.29) is 31.1 Å². The third-order valence-corrected chi connectivity index (χ3v) is 3.58. The number of carboxylic acid groups (broad SMARTS) is 1. The summed E-state index contributed by atoms with van der Waals surface area (Å²) >= 11 is 0. The monoisotopic (exact) mass is 285 g/mol. The van der Waals surface area contributed by atoms with Gasteiger partial charge in [-0.3, -0.25) is 14.4 Å². The predicted octanol–water partition coefficient (Wildman–Crippen LogP) is 1.43. The molecule has 1 heterocycles. The molecule has 1 fully saturated rings. The van der Waals surface area contributed by atoms with Crippen LogP contribution in [0.1, 0.15) is 45.4 Å². The molecule has 1 aliphatic heterocycles. The first-order valence-electron chi connectivity index (χ1n) is 7.18. The summed E-state index contributed by atoms with van der Waals surface area (Å²) in [5.41, 5.74) is 0. The zero-order valence-electron chi connectivity index (χ0n) is 12.0. The van der Waals surface area contributed by atoms with Crippen LogP contribution in [0.4, 0.5) is 0 Å². The highest BCUT2D eigenvalue weighted by atomic mass is 16.5. The summed E-state index contributed by atoms with van der Waals surface area (Å²) in [4.78, 5) is 35.4. The Hall–Kier alpha value is -1.59. The second-order valence-electron chi connectivity index (χ2n) is 5.06. The van der Waals surface area contributed by atoms with Crippen molar-refractivity contribution in [1.29, 1.82) is 0 Å². The van der Waals surface area contributed by atoms with Gasteiger partial charge in [-0.05, 0) is 32.1 Å². The first-order chi connectivity index (χ1) is 9.52.